The largest absolute Gasteiger partial charge is 0.379 e. The van der Waals surface area contributed by atoms with Crippen LogP contribution in [-0.2, 0) is 11.3 Å². The molecular formula is C16H29N5OS. The Labute approximate surface area is 143 Å². The van der Waals surface area contributed by atoms with Crippen molar-refractivity contribution in [3.63, 3.8) is 0 Å². The van der Waals surface area contributed by atoms with Gasteiger partial charge in [0.25, 0.3) is 0 Å². The van der Waals surface area contributed by atoms with Crippen LogP contribution in [0.1, 0.15) is 17.6 Å². The average Bonchev–Trinajstić information content (AvgIpc) is 2.94. The average molecular weight is 340 g/mol. The highest BCUT2D eigenvalue weighted by Crippen LogP contribution is 2.10. The number of thiazole rings is 1. The summed E-state index contributed by atoms with van der Waals surface area (Å²) in [6.45, 7) is 10.9. The number of morpholine rings is 1. The first-order valence-corrected chi connectivity index (χ1v) is 9.09. The third kappa shape index (κ3) is 6.08. The molecule has 130 valence electrons. The van der Waals surface area contributed by atoms with E-state index in [-0.39, 0.29) is 0 Å². The molecule has 1 unspecified atom stereocenters. The number of guanidine groups is 1. The Morgan fingerprint density at radius 1 is 1.52 bits per heavy atom. The van der Waals surface area contributed by atoms with E-state index in [0.29, 0.717) is 5.92 Å². The number of aromatic nitrogens is 1. The molecule has 0 saturated carbocycles. The molecule has 1 aliphatic rings. The Hall–Kier alpha value is -1.18. The van der Waals surface area contributed by atoms with Crippen LogP contribution in [0.5, 0.6) is 0 Å². The maximum absolute atomic E-state index is 5.40. The molecule has 1 aromatic rings. The van der Waals surface area contributed by atoms with Crippen LogP contribution in [0.25, 0.3) is 0 Å². The fourth-order valence-corrected chi connectivity index (χ4v) is 3.34. The summed E-state index contributed by atoms with van der Waals surface area (Å²) in [6.07, 6.45) is 0. The quantitative estimate of drug-likeness (QED) is 0.628. The highest BCUT2D eigenvalue weighted by molar-refractivity contribution is 7.09. The van der Waals surface area contributed by atoms with Crippen molar-refractivity contribution in [2.24, 2.45) is 10.9 Å². The van der Waals surface area contributed by atoms with Gasteiger partial charge < -0.3 is 15.0 Å². The molecule has 1 atom stereocenters. The fraction of sp³-hybridized carbons (Fsp3) is 0.750. The van der Waals surface area contributed by atoms with Crippen molar-refractivity contribution in [3.05, 3.63) is 16.1 Å². The van der Waals surface area contributed by atoms with E-state index in [1.165, 1.54) is 0 Å². The highest BCUT2D eigenvalue weighted by atomic mass is 32.1. The summed E-state index contributed by atoms with van der Waals surface area (Å²) in [6, 6.07) is 0. The van der Waals surface area contributed by atoms with Crippen molar-refractivity contribution >= 4 is 17.3 Å². The molecule has 7 heteroatoms. The molecule has 1 aromatic heterocycles. The number of aliphatic imine (C=N–C) groups is 1. The van der Waals surface area contributed by atoms with Crippen LogP contribution < -0.4 is 5.32 Å². The summed E-state index contributed by atoms with van der Waals surface area (Å²) in [5.41, 5.74) is 1.10. The number of rotatable bonds is 6. The SMILES string of the molecule is CN=C(NCC(C)CN1CCOCC1)N(C)Cc1csc(C)n1. The van der Waals surface area contributed by atoms with Crippen molar-refractivity contribution in [1.29, 1.82) is 0 Å². The Morgan fingerprint density at radius 3 is 2.87 bits per heavy atom. The lowest BCUT2D eigenvalue weighted by Gasteiger charge is -2.30. The minimum absolute atomic E-state index is 0.569. The zero-order valence-corrected chi connectivity index (χ0v) is 15.5. The van der Waals surface area contributed by atoms with E-state index >= 15 is 0 Å². The Bertz CT molecular complexity index is 498. The lowest BCUT2D eigenvalue weighted by molar-refractivity contribution is 0.0320. The van der Waals surface area contributed by atoms with Crippen LogP contribution in [0, 0.1) is 12.8 Å². The van der Waals surface area contributed by atoms with E-state index in [4.69, 9.17) is 4.74 Å². The predicted molar refractivity (Wildman–Crippen MR) is 96.1 cm³/mol. The van der Waals surface area contributed by atoms with Crippen molar-refractivity contribution in [1.82, 2.24) is 20.1 Å². The summed E-state index contributed by atoms with van der Waals surface area (Å²) in [7, 11) is 3.88. The zero-order chi connectivity index (χ0) is 16.7. The monoisotopic (exact) mass is 339 g/mol. The minimum atomic E-state index is 0.569. The number of hydrogen-bond donors (Lipinski definition) is 1. The molecule has 0 aliphatic carbocycles. The number of nitrogens with one attached hydrogen (secondary N) is 1. The van der Waals surface area contributed by atoms with Crippen LogP contribution in [0.15, 0.2) is 10.4 Å². The van der Waals surface area contributed by atoms with Crippen LogP contribution in [0.4, 0.5) is 0 Å². The van der Waals surface area contributed by atoms with Crippen LogP contribution in [0.2, 0.25) is 0 Å². The number of ether oxygens (including phenoxy) is 1. The fourth-order valence-electron chi connectivity index (χ4n) is 2.74. The molecule has 0 spiro atoms. The maximum atomic E-state index is 5.40. The van der Waals surface area contributed by atoms with E-state index in [9.17, 15) is 0 Å². The molecule has 6 nitrogen and oxygen atoms in total. The Morgan fingerprint density at radius 2 is 2.26 bits per heavy atom. The summed E-state index contributed by atoms with van der Waals surface area (Å²) in [4.78, 5) is 13.5. The topological polar surface area (TPSA) is 53.0 Å². The van der Waals surface area contributed by atoms with Gasteiger partial charge in [0.1, 0.15) is 0 Å². The van der Waals surface area contributed by atoms with Gasteiger partial charge in [0.05, 0.1) is 30.5 Å². The van der Waals surface area contributed by atoms with E-state index in [1.54, 1.807) is 11.3 Å². The first-order chi connectivity index (χ1) is 11.1. The lowest BCUT2D eigenvalue weighted by Crippen LogP contribution is -2.44. The van der Waals surface area contributed by atoms with Gasteiger partial charge in [0.2, 0.25) is 0 Å². The van der Waals surface area contributed by atoms with Gasteiger partial charge in [0.15, 0.2) is 5.96 Å². The molecule has 0 amide bonds. The van der Waals surface area contributed by atoms with Gasteiger partial charge in [-0.2, -0.15) is 0 Å². The summed E-state index contributed by atoms with van der Waals surface area (Å²) >= 11 is 1.69. The van der Waals surface area contributed by atoms with Gasteiger partial charge in [-0.3, -0.25) is 9.89 Å². The van der Waals surface area contributed by atoms with Crippen LogP contribution in [-0.4, -0.2) is 74.2 Å². The number of aryl methyl sites for hydroxylation is 1. The minimum Gasteiger partial charge on any atom is -0.379 e. The molecule has 2 heterocycles. The third-order valence-electron chi connectivity index (χ3n) is 3.92. The second-order valence-electron chi connectivity index (χ2n) is 6.16. The maximum Gasteiger partial charge on any atom is 0.193 e. The normalized spacial score (nSPS) is 18.0. The molecule has 23 heavy (non-hydrogen) atoms. The smallest absolute Gasteiger partial charge is 0.193 e. The molecule has 0 aromatic carbocycles. The number of hydrogen-bond acceptors (Lipinski definition) is 5. The summed E-state index contributed by atoms with van der Waals surface area (Å²) in [5, 5.41) is 6.70. The summed E-state index contributed by atoms with van der Waals surface area (Å²) < 4.78 is 5.40. The van der Waals surface area contributed by atoms with E-state index < -0.39 is 0 Å². The van der Waals surface area contributed by atoms with Crippen LogP contribution in [0.3, 0.4) is 0 Å². The second kappa shape index (κ2) is 9.20. The van der Waals surface area contributed by atoms with Crippen molar-refractivity contribution < 1.29 is 4.74 Å². The molecule has 2 rings (SSSR count). The molecule has 1 aliphatic heterocycles. The molecule has 1 fully saturated rings. The lowest BCUT2D eigenvalue weighted by atomic mass is 10.1. The van der Waals surface area contributed by atoms with Crippen molar-refractivity contribution in [3.8, 4) is 0 Å². The molecule has 0 radical (unpaired) electrons. The molecule has 0 bridgehead atoms. The highest BCUT2D eigenvalue weighted by Gasteiger charge is 2.15. The van der Waals surface area contributed by atoms with E-state index in [2.05, 4.69) is 44.4 Å². The van der Waals surface area contributed by atoms with Gasteiger partial charge in [0, 0.05) is 45.7 Å². The van der Waals surface area contributed by atoms with Gasteiger partial charge in [-0.1, -0.05) is 6.92 Å². The Balaban J connectivity index is 1.75. The standard InChI is InChI=1S/C16H29N5OS/c1-13(10-21-5-7-22-8-6-21)9-18-16(17-3)20(4)11-15-12-23-14(2)19-15/h12-13H,5-11H2,1-4H3,(H,17,18). The first-order valence-electron chi connectivity index (χ1n) is 8.21. The predicted octanol–water partition coefficient (Wildman–Crippen LogP) is 1.43. The van der Waals surface area contributed by atoms with Gasteiger partial charge in [-0.25, -0.2) is 4.98 Å². The number of nitrogens with zero attached hydrogens (tertiary/aromatic N) is 4. The van der Waals surface area contributed by atoms with E-state index in [0.717, 1.165) is 62.6 Å². The van der Waals surface area contributed by atoms with Gasteiger partial charge in [-0.05, 0) is 12.8 Å². The zero-order valence-electron chi connectivity index (χ0n) is 14.7. The van der Waals surface area contributed by atoms with Crippen molar-refractivity contribution in [2.75, 3.05) is 53.5 Å². The molecule has 1 saturated heterocycles. The van der Waals surface area contributed by atoms with Gasteiger partial charge in [-0.15, -0.1) is 11.3 Å². The summed E-state index contributed by atoms with van der Waals surface area (Å²) in [5.74, 6) is 1.49. The third-order valence-corrected chi connectivity index (χ3v) is 4.74. The van der Waals surface area contributed by atoms with Crippen molar-refractivity contribution in [2.45, 2.75) is 20.4 Å². The van der Waals surface area contributed by atoms with E-state index in [1.807, 2.05) is 14.0 Å². The molecule has 1 N–H and O–H groups in total. The Kier molecular flexibility index (Phi) is 7.26. The van der Waals surface area contributed by atoms with Crippen LogP contribution >= 0.6 is 11.3 Å². The van der Waals surface area contributed by atoms with Gasteiger partial charge >= 0.3 is 0 Å². The molecular weight excluding hydrogens is 310 g/mol. The first kappa shape index (κ1) is 18.2. The second-order valence-corrected chi connectivity index (χ2v) is 7.22.